The summed E-state index contributed by atoms with van der Waals surface area (Å²) >= 11 is 0. The number of nitrogen functional groups attached to an aromatic ring is 1. The number of aliphatic hydroxyl groups excluding tert-OH is 2. The van der Waals surface area contributed by atoms with E-state index in [0.29, 0.717) is 11.4 Å². The van der Waals surface area contributed by atoms with E-state index in [4.69, 9.17) is 10.5 Å². The van der Waals surface area contributed by atoms with Crippen molar-refractivity contribution in [2.75, 3.05) is 18.9 Å². The lowest BCUT2D eigenvalue weighted by molar-refractivity contribution is 0.0112. The molecule has 5 N–H and O–H groups in total. The Bertz CT molecular complexity index is 1010. The maximum atomic E-state index is 12.2. The lowest BCUT2D eigenvalue weighted by atomic mass is 9.98. The molecule has 1 amide bonds. The first-order valence-electron chi connectivity index (χ1n) is 10.2. The molecule has 4 rings (SSSR count). The van der Waals surface area contributed by atoms with Gasteiger partial charge < -0.3 is 26.0 Å². The van der Waals surface area contributed by atoms with Gasteiger partial charge in [0, 0.05) is 12.5 Å². The zero-order chi connectivity index (χ0) is 21.8. The Labute approximate surface area is 180 Å². The number of amides is 1. The second kappa shape index (κ2) is 9.16. The Morgan fingerprint density at radius 2 is 1.68 bits per heavy atom. The van der Waals surface area contributed by atoms with E-state index in [2.05, 4.69) is 34.6 Å². The molecule has 2 aromatic carbocycles. The van der Waals surface area contributed by atoms with E-state index in [-0.39, 0.29) is 25.5 Å². The maximum Gasteiger partial charge on any atom is 0.407 e. The van der Waals surface area contributed by atoms with Gasteiger partial charge in [-0.15, -0.1) is 0 Å². The van der Waals surface area contributed by atoms with Crippen LogP contribution in [0.4, 0.5) is 10.5 Å². The van der Waals surface area contributed by atoms with Crippen molar-refractivity contribution >= 4 is 11.8 Å². The lowest BCUT2D eigenvalue weighted by Gasteiger charge is -2.18. The molecule has 0 fully saturated rings. The number of anilines is 1. The fourth-order valence-electron chi connectivity index (χ4n) is 3.92. The van der Waals surface area contributed by atoms with Gasteiger partial charge in [0.25, 0.3) is 0 Å². The summed E-state index contributed by atoms with van der Waals surface area (Å²) in [6, 6.07) is 19.4. The number of rotatable bonds is 7. The van der Waals surface area contributed by atoms with Crippen LogP contribution in [0.5, 0.6) is 0 Å². The van der Waals surface area contributed by atoms with Gasteiger partial charge in [0.05, 0.1) is 23.7 Å². The molecule has 0 spiro atoms. The molecule has 7 nitrogen and oxygen atoms in total. The highest BCUT2D eigenvalue weighted by Gasteiger charge is 2.29. The van der Waals surface area contributed by atoms with Gasteiger partial charge in [-0.1, -0.05) is 48.5 Å². The third kappa shape index (κ3) is 4.52. The standard InChI is InChI=1S/C24H25N3O4/c25-15-9-10-21(27-13-15)23(29)22(28)11-12-26-24(30)31-14-20-18-7-3-1-5-16(18)17-6-2-4-8-19(17)20/h1-10,13,20,22-23,28-29H,11-12,14,25H2,(H,26,30). The Morgan fingerprint density at radius 1 is 1.03 bits per heavy atom. The van der Waals surface area contributed by atoms with E-state index in [1.165, 1.54) is 17.3 Å². The van der Waals surface area contributed by atoms with Gasteiger partial charge >= 0.3 is 6.09 Å². The summed E-state index contributed by atoms with van der Waals surface area (Å²) in [5.41, 5.74) is 11.0. The van der Waals surface area contributed by atoms with Gasteiger partial charge in [-0.05, 0) is 40.8 Å². The molecule has 31 heavy (non-hydrogen) atoms. The van der Waals surface area contributed by atoms with Crippen LogP contribution >= 0.6 is 0 Å². The Hall–Kier alpha value is -3.42. The first-order valence-corrected chi connectivity index (χ1v) is 10.2. The molecule has 0 saturated carbocycles. The van der Waals surface area contributed by atoms with Gasteiger partial charge in [-0.25, -0.2) is 4.79 Å². The largest absolute Gasteiger partial charge is 0.449 e. The van der Waals surface area contributed by atoms with Gasteiger partial charge in [0.15, 0.2) is 0 Å². The third-order valence-corrected chi connectivity index (χ3v) is 5.53. The first-order chi connectivity index (χ1) is 15.0. The van der Waals surface area contributed by atoms with Crippen LogP contribution in [0.2, 0.25) is 0 Å². The van der Waals surface area contributed by atoms with Crippen molar-refractivity contribution in [1.29, 1.82) is 0 Å². The van der Waals surface area contributed by atoms with Crippen LogP contribution in [0.15, 0.2) is 66.9 Å². The van der Waals surface area contributed by atoms with E-state index in [9.17, 15) is 15.0 Å². The van der Waals surface area contributed by atoms with Crippen LogP contribution in [0.25, 0.3) is 11.1 Å². The molecule has 3 aromatic rings. The summed E-state index contributed by atoms with van der Waals surface area (Å²) in [6.45, 7) is 0.379. The normalized spacial score (nSPS) is 14.4. The first kappa shape index (κ1) is 20.8. The van der Waals surface area contributed by atoms with Gasteiger partial charge in [0.2, 0.25) is 0 Å². The molecule has 2 atom stereocenters. The van der Waals surface area contributed by atoms with E-state index in [1.54, 1.807) is 12.1 Å². The molecule has 1 aromatic heterocycles. The summed E-state index contributed by atoms with van der Waals surface area (Å²) in [7, 11) is 0. The fourth-order valence-corrected chi connectivity index (χ4v) is 3.92. The number of carbonyl (C=O) groups excluding carboxylic acids is 1. The molecule has 7 heteroatoms. The lowest BCUT2D eigenvalue weighted by Crippen LogP contribution is -2.30. The Balaban J connectivity index is 1.28. The topological polar surface area (TPSA) is 118 Å². The van der Waals surface area contributed by atoms with Crippen molar-refractivity contribution in [3.05, 3.63) is 83.7 Å². The van der Waals surface area contributed by atoms with Crippen molar-refractivity contribution in [2.45, 2.75) is 24.5 Å². The van der Waals surface area contributed by atoms with Gasteiger partial charge in [-0.3, -0.25) is 4.98 Å². The van der Waals surface area contributed by atoms with Crippen LogP contribution < -0.4 is 11.1 Å². The van der Waals surface area contributed by atoms with E-state index in [1.807, 2.05) is 24.3 Å². The van der Waals surface area contributed by atoms with Crippen LogP contribution in [-0.4, -0.2) is 40.5 Å². The minimum absolute atomic E-state index is 0.0119. The number of fused-ring (bicyclic) bond motifs is 3. The number of nitrogens with one attached hydrogen (secondary N) is 1. The maximum absolute atomic E-state index is 12.2. The highest BCUT2D eigenvalue weighted by molar-refractivity contribution is 5.79. The second-order valence-corrected chi connectivity index (χ2v) is 7.57. The Morgan fingerprint density at radius 3 is 2.29 bits per heavy atom. The minimum atomic E-state index is -1.16. The van der Waals surface area contributed by atoms with Crippen LogP contribution in [0.3, 0.4) is 0 Å². The number of nitrogens with two attached hydrogens (primary N) is 1. The highest BCUT2D eigenvalue weighted by Crippen LogP contribution is 2.44. The molecule has 160 valence electrons. The van der Waals surface area contributed by atoms with E-state index >= 15 is 0 Å². The summed E-state index contributed by atoms with van der Waals surface area (Å²) in [6.07, 6.45) is -1.23. The number of aromatic nitrogens is 1. The fraction of sp³-hybridized carbons (Fsp3) is 0.250. The zero-order valence-corrected chi connectivity index (χ0v) is 16.9. The SMILES string of the molecule is Nc1ccc(C(O)C(O)CCNC(=O)OCC2c3ccccc3-c3ccccc32)nc1. The molecular formula is C24H25N3O4. The van der Waals surface area contributed by atoms with Gasteiger partial charge in [-0.2, -0.15) is 0 Å². The average molecular weight is 419 g/mol. The molecule has 1 aliphatic carbocycles. The molecule has 1 aliphatic rings. The number of ether oxygens (including phenoxy) is 1. The smallest absolute Gasteiger partial charge is 0.407 e. The van der Waals surface area contributed by atoms with Crippen molar-refractivity contribution in [1.82, 2.24) is 10.3 Å². The minimum Gasteiger partial charge on any atom is -0.449 e. The predicted molar refractivity (Wildman–Crippen MR) is 117 cm³/mol. The van der Waals surface area contributed by atoms with Gasteiger partial charge in [0.1, 0.15) is 12.7 Å². The van der Waals surface area contributed by atoms with Crippen molar-refractivity contribution in [2.24, 2.45) is 0 Å². The molecule has 0 aliphatic heterocycles. The molecule has 2 unspecified atom stereocenters. The van der Waals surface area contributed by atoms with Crippen molar-refractivity contribution in [3.8, 4) is 11.1 Å². The van der Waals surface area contributed by atoms with Crippen molar-refractivity contribution in [3.63, 3.8) is 0 Å². The number of carbonyl (C=O) groups is 1. The third-order valence-electron chi connectivity index (χ3n) is 5.53. The second-order valence-electron chi connectivity index (χ2n) is 7.57. The summed E-state index contributed by atoms with van der Waals surface area (Å²) in [5, 5.41) is 23.0. The summed E-state index contributed by atoms with van der Waals surface area (Å²) in [5.74, 6) is -0.0119. The quantitative estimate of drug-likeness (QED) is 0.468. The molecule has 0 saturated heterocycles. The Kier molecular flexibility index (Phi) is 6.16. The van der Waals surface area contributed by atoms with Crippen LogP contribution in [0, 0.1) is 0 Å². The number of hydrogen-bond donors (Lipinski definition) is 4. The number of pyridine rings is 1. The van der Waals surface area contributed by atoms with Crippen LogP contribution in [0.1, 0.15) is 35.3 Å². The molecule has 0 radical (unpaired) electrons. The predicted octanol–water partition coefficient (Wildman–Crippen LogP) is 2.99. The number of nitrogens with zero attached hydrogens (tertiary/aromatic N) is 1. The average Bonchev–Trinajstić information content (AvgIpc) is 3.11. The van der Waals surface area contributed by atoms with E-state index in [0.717, 1.165) is 11.1 Å². The number of hydrogen-bond acceptors (Lipinski definition) is 6. The van der Waals surface area contributed by atoms with Crippen LogP contribution in [-0.2, 0) is 4.74 Å². The van der Waals surface area contributed by atoms with Crippen molar-refractivity contribution < 1.29 is 19.7 Å². The summed E-state index contributed by atoms with van der Waals surface area (Å²) in [4.78, 5) is 16.2. The zero-order valence-electron chi connectivity index (χ0n) is 16.9. The molecule has 0 bridgehead atoms. The molecule has 1 heterocycles. The molecular weight excluding hydrogens is 394 g/mol. The number of benzene rings is 2. The van der Waals surface area contributed by atoms with E-state index < -0.39 is 18.3 Å². The highest BCUT2D eigenvalue weighted by atomic mass is 16.5. The number of aliphatic hydroxyl groups is 2. The summed E-state index contributed by atoms with van der Waals surface area (Å²) < 4.78 is 5.46. The number of alkyl carbamates (subject to hydrolysis) is 1. The monoisotopic (exact) mass is 419 g/mol.